The quantitative estimate of drug-likeness (QED) is 0.864. The van der Waals surface area contributed by atoms with Crippen molar-refractivity contribution in [3.05, 3.63) is 47.2 Å². The minimum Gasteiger partial charge on any atom is -0.237 e. The molecule has 0 aliphatic carbocycles. The first kappa shape index (κ1) is 15.4. The number of rotatable bonds is 3. The molecule has 1 aromatic carbocycles. The van der Waals surface area contributed by atoms with E-state index in [9.17, 15) is 8.42 Å². The molecule has 1 saturated heterocycles. The Balaban J connectivity index is 1.98. The molecular weight excluding hydrogens is 322 g/mol. The van der Waals surface area contributed by atoms with Crippen molar-refractivity contribution < 1.29 is 8.42 Å². The molecule has 1 aromatic heterocycles. The zero-order valence-electron chi connectivity index (χ0n) is 12.1. The number of benzene rings is 1. The van der Waals surface area contributed by atoms with E-state index in [-0.39, 0.29) is 6.04 Å². The molecule has 5 nitrogen and oxygen atoms in total. The highest BCUT2D eigenvalue weighted by molar-refractivity contribution is 7.88. The third kappa shape index (κ3) is 3.14. The van der Waals surface area contributed by atoms with Crippen LogP contribution in [0.4, 0.5) is 0 Å². The highest BCUT2D eigenvalue weighted by Crippen LogP contribution is 2.33. The van der Waals surface area contributed by atoms with Crippen LogP contribution in [-0.2, 0) is 10.0 Å². The molecule has 1 fully saturated rings. The van der Waals surface area contributed by atoms with Crippen LogP contribution in [0.15, 0.2) is 36.5 Å². The third-order valence-corrected chi connectivity index (χ3v) is 5.26. The second-order valence-electron chi connectivity index (χ2n) is 5.35. The molecule has 1 aliphatic rings. The van der Waals surface area contributed by atoms with E-state index in [4.69, 9.17) is 11.6 Å². The van der Waals surface area contributed by atoms with Gasteiger partial charge >= 0.3 is 0 Å². The first-order valence-electron chi connectivity index (χ1n) is 7.01. The lowest BCUT2D eigenvalue weighted by molar-refractivity contribution is 0.394. The summed E-state index contributed by atoms with van der Waals surface area (Å²) >= 11 is 6.00. The molecule has 1 aliphatic heterocycles. The van der Waals surface area contributed by atoms with Gasteiger partial charge in [-0.15, -0.1) is 0 Å². The Labute approximate surface area is 135 Å². The molecule has 0 bridgehead atoms. The first-order valence-corrected chi connectivity index (χ1v) is 9.23. The predicted octanol–water partition coefficient (Wildman–Crippen LogP) is 2.89. The molecule has 0 saturated carbocycles. The summed E-state index contributed by atoms with van der Waals surface area (Å²) in [5.74, 6) is 0.556. The Kier molecular flexibility index (Phi) is 4.16. The second kappa shape index (κ2) is 5.95. The molecule has 0 spiro atoms. The van der Waals surface area contributed by atoms with Gasteiger partial charge in [0.25, 0.3) is 0 Å². The largest absolute Gasteiger partial charge is 0.237 e. The standard InChI is InChI=1S/C15H16ClN3O2S/c1-22(20,21)19-9-3-6-14(19)13-7-8-17-15(18-13)11-4-2-5-12(16)10-11/h2,4-5,7-8,10,14H,3,6,9H2,1H3. The summed E-state index contributed by atoms with van der Waals surface area (Å²) in [6.45, 7) is 0.542. The lowest BCUT2D eigenvalue weighted by Gasteiger charge is -2.21. The molecule has 2 heterocycles. The fourth-order valence-corrected chi connectivity index (χ4v) is 4.08. The van der Waals surface area contributed by atoms with Gasteiger partial charge in [-0.1, -0.05) is 23.7 Å². The zero-order chi connectivity index (χ0) is 15.7. The minimum absolute atomic E-state index is 0.212. The Bertz CT molecular complexity index is 795. The van der Waals surface area contributed by atoms with E-state index in [0.29, 0.717) is 17.4 Å². The van der Waals surface area contributed by atoms with E-state index in [2.05, 4.69) is 9.97 Å². The van der Waals surface area contributed by atoms with Crippen molar-refractivity contribution in [1.82, 2.24) is 14.3 Å². The van der Waals surface area contributed by atoms with Crippen LogP contribution >= 0.6 is 11.6 Å². The van der Waals surface area contributed by atoms with E-state index in [1.165, 1.54) is 10.6 Å². The summed E-state index contributed by atoms with van der Waals surface area (Å²) < 4.78 is 25.3. The molecule has 1 unspecified atom stereocenters. The van der Waals surface area contributed by atoms with Crippen molar-refractivity contribution in [2.75, 3.05) is 12.8 Å². The predicted molar refractivity (Wildman–Crippen MR) is 86.0 cm³/mol. The summed E-state index contributed by atoms with van der Waals surface area (Å²) in [6, 6.07) is 8.87. The van der Waals surface area contributed by atoms with Crippen LogP contribution < -0.4 is 0 Å². The van der Waals surface area contributed by atoms with Gasteiger partial charge in [-0.05, 0) is 31.0 Å². The maximum atomic E-state index is 11.9. The maximum Gasteiger partial charge on any atom is 0.211 e. The number of hydrogen-bond acceptors (Lipinski definition) is 4. The molecular formula is C15H16ClN3O2S. The molecule has 0 radical (unpaired) electrons. The van der Waals surface area contributed by atoms with Crippen molar-refractivity contribution in [1.29, 1.82) is 0 Å². The van der Waals surface area contributed by atoms with Crippen LogP contribution in [0.3, 0.4) is 0 Å². The summed E-state index contributed by atoms with van der Waals surface area (Å²) in [5, 5.41) is 0.616. The van der Waals surface area contributed by atoms with Gasteiger partial charge < -0.3 is 0 Å². The van der Waals surface area contributed by atoms with Crippen LogP contribution in [0.2, 0.25) is 5.02 Å². The monoisotopic (exact) mass is 337 g/mol. The van der Waals surface area contributed by atoms with Gasteiger partial charge in [0, 0.05) is 23.3 Å². The average molecular weight is 338 g/mol. The molecule has 3 rings (SSSR count). The SMILES string of the molecule is CS(=O)(=O)N1CCCC1c1ccnc(-c2cccc(Cl)c2)n1. The van der Waals surface area contributed by atoms with Crippen LogP contribution in [0.1, 0.15) is 24.6 Å². The van der Waals surface area contributed by atoms with Crippen LogP contribution in [-0.4, -0.2) is 35.5 Å². The number of hydrogen-bond donors (Lipinski definition) is 0. The van der Waals surface area contributed by atoms with E-state index in [1.54, 1.807) is 24.4 Å². The zero-order valence-corrected chi connectivity index (χ0v) is 13.7. The minimum atomic E-state index is -3.23. The van der Waals surface area contributed by atoms with Gasteiger partial charge in [-0.2, -0.15) is 4.31 Å². The summed E-state index contributed by atoms with van der Waals surface area (Å²) in [7, 11) is -3.23. The highest BCUT2D eigenvalue weighted by atomic mass is 35.5. The van der Waals surface area contributed by atoms with Gasteiger partial charge in [-0.25, -0.2) is 18.4 Å². The smallest absolute Gasteiger partial charge is 0.211 e. The van der Waals surface area contributed by atoms with Gasteiger partial charge in [0.2, 0.25) is 10.0 Å². The molecule has 116 valence electrons. The van der Waals surface area contributed by atoms with Crippen LogP contribution in [0.25, 0.3) is 11.4 Å². The molecule has 7 heteroatoms. The van der Waals surface area contributed by atoms with Crippen molar-refractivity contribution in [3.8, 4) is 11.4 Å². The lowest BCUT2D eigenvalue weighted by Crippen LogP contribution is -2.30. The Morgan fingerprint density at radius 2 is 2.14 bits per heavy atom. The average Bonchev–Trinajstić information content (AvgIpc) is 2.97. The maximum absolute atomic E-state index is 11.9. The number of nitrogens with zero attached hydrogens (tertiary/aromatic N) is 3. The third-order valence-electron chi connectivity index (χ3n) is 3.73. The second-order valence-corrected chi connectivity index (χ2v) is 7.72. The molecule has 22 heavy (non-hydrogen) atoms. The first-order chi connectivity index (χ1) is 10.4. The Hall–Kier alpha value is -1.50. The van der Waals surface area contributed by atoms with Gasteiger partial charge in [0.1, 0.15) is 0 Å². The Morgan fingerprint density at radius 3 is 2.86 bits per heavy atom. The summed E-state index contributed by atoms with van der Waals surface area (Å²) in [4.78, 5) is 8.83. The highest BCUT2D eigenvalue weighted by Gasteiger charge is 2.33. The number of halogens is 1. The fourth-order valence-electron chi connectivity index (χ4n) is 2.76. The molecule has 0 amide bonds. The molecule has 1 atom stereocenters. The fraction of sp³-hybridized carbons (Fsp3) is 0.333. The van der Waals surface area contributed by atoms with Crippen LogP contribution in [0, 0.1) is 0 Å². The van der Waals surface area contributed by atoms with Crippen molar-refractivity contribution in [2.45, 2.75) is 18.9 Å². The van der Waals surface area contributed by atoms with Crippen molar-refractivity contribution in [3.63, 3.8) is 0 Å². The van der Waals surface area contributed by atoms with Gasteiger partial charge in [-0.3, -0.25) is 0 Å². The molecule has 0 N–H and O–H groups in total. The van der Waals surface area contributed by atoms with Crippen molar-refractivity contribution in [2.24, 2.45) is 0 Å². The topological polar surface area (TPSA) is 63.2 Å². The Morgan fingerprint density at radius 1 is 1.32 bits per heavy atom. The number of sulfonamides is 1. The van der Waals surface area contributed by atoms with Crippen LogP contribution in [0.5, 0.6) is 0 Å². The van der Waals surface area contributed by atoms with Gasteiger partial charge in [0.15, 0.2) is 5.82 Å². The van der Waals surface area contributed by atoms with Gasteiger partial charge in [0.05, 0.1) is 18.0 Å². The number of aromatic nitrogens is 2. The van der Waals surface area contributed by atoms with E-state index >= 15 is 0 Å². The normalized spacial score (nSPS) is 19.5. The summed E-state index contributed by atoms with van der Waals surface area (Å²) in [5.41, 5.74) is 1.55. The van der Waals surface area contributed by atoms with Crippen molar-refractivity contribution >= 4 is 21.6 Å². The van der Waals surface area contributed by atoms with E-state index in [0.717, 1.165) is 24.1 Å². The van der Waals surface area contributed by atoms with E-state index < -0.39 is 10.0 Å². The molecule has 2 aromatic rings. The summed E-state index contributed by atoms with van der Waals surface area (Å²) in [6.07, 6.45) is 4.52. The lowest BCUT2D eigenvalue weighted by atomic mass is 10.1. The van der Waals surface area contributed by atoms with E-state index in [1.807, 2.05) is 12.1 Å².